The van der Waals surface area contributed by atoms with Crippen molar-refractivity contribution in [3.05, 3.63) is 36.4 Å². The van der Waals surface area contributed by atoms with Crippen molar-refractivity contribution in [1.82, 2.24) is 4.98 Å². The number of amides is 2. The average Bonchev–Trinajstić information content (AvgIpc) is 3.54. The Morgan fingerprint density at radius 2 is 1.34 bits per heavy atom. The van der Waals surface area contributed by atoms with Gasteiger partial charge in [-0.2, -0.15) is 0 Å². The summed E-state index contributed by atoms with van der Waals surface area (Å²) in [5.74, 6) is -0.0966. The van der Waals surface area contributed by atoms with Crippen LogP contribution in [0.5, 0.6) is 5.75 Å². The molecule has 2 aliphatic rings. The van der Waals surface area contributed by atoms with E-state index >= 15 is 0 Å². The lowest BCUT2D eigenvalue weighted by molar-refractivity contribution is -0.274. The second-order valence-corrected chi connectivity index (χ2v) is 7.23. The van der Waals surface area contributed by atoms with Gasteiger partial charge >= 0.3 is 6.36 Å². The van der Waals surface area contributed by atoms with Gasteiger partial charge in [0.05, 0.1) is 0 Å². The van der Waals surface area contributed by atoms with Gasteiger partial charge in [0.1, 0.15) is 17.4 Å². The van der Waals surface area contributed by atoms with Gasteiger partial charge in [0.15, 0.2) is 0 Å². The lowest BCUT2D eigenvalue weighted by Crippen LogP contribution is -2.17. The number of benzene rings is 1. The van der Waals surface area contributed by atoms with Crippen molar-refractivity contribution >= 4 is 23.5 Å². The van der Waals surface area contributed by atoms with Crippen molar-refractivity contribution < 1.29 is 27.5 Å². The van der Waals surface area contributed by atoms with Crippen LogP contribution >= 0.6 is 0 Å². The Morgan fingerprint density at radius 3 is 1.76 bits per heavy atom. The lowest BCUT2D eigenvalue weighted by atomic mass is 10.1. The number of ether oxygens (including phenoxy) is 1. The van der Waals surface area contributed by atoms with Gasteiger partial charge in [-0.3, -0.25) is 9.59 Å². The van der Waals surface area contributed by atoms with Gasteiger partial charge in [-0.25, -0.2) is 4.98 Å². The summed E-state index contributed by atoms with van der Waals surface area (Å²) in [5.41, 5.74) is 1.18. The predicted octanol–water partition coefficient (Wildman–Crippen LogP) is 4.34. The molecule has 6 nitrogen and oxygen atoms in total. The fourth-order valence-corrected chi connectivity index (χ4v) is 2.82. The highest BCUT2D eigenvalue weighted by Gasteiger charge is 2.32. The summed E-state index contributed by atoms with van der Waals surface area (Å²) in [6.45, 7) is 0. The third kappa shape index (κ3) is 5.24. The maximum Gasteiger partial charge on any atom is 0.573 e. The number of hydrogen-bond acceptors (Lipinski definition) is 4. The van der Waals surface area contributed by atoms with Crippen molar-refractivity contribution in [3.63, 3.8) is 0 Å². The normalized spacial score (nSPS) is 16.2. The van der Waals surface area contributed by atoms with E-state index in [1.165, 1.54) is 24.3 Å². The van der Waals surface area contributed by atoms with Crippen LogP contribution in [0.15, 0.2) is 36.4 Å². The number of nitrogens with zero attached hydrogens (tertiary/aromatic N) is 1. The zero-order valence-electron chi connectivity index (χ0n) is 15.3. The number of hydrogen-bond donors (Lipinski definition) is 2. The first-order valence-electron chi connectivity index (χ1n) is 9.27. The van der Waals surface area contributed by atoms with Crippen LogP contribution in [0, 0.1) is 11.8 Å². The van der Waals surface area contributed by atoms with E-state index in [1.54, 1.807) is 12.1 Å². The molecule has 2 fully saturated rings. The quantitative estimate of drug-likeness (QED) is 0.749. The molecule has 0 unspecified atom stereocenters. The van der Waals surface area contributed by atoms with E-state index in [0.29, 0.717) is 11.1 Å². The summed E-state index contributed by atoms with van der Waals surface area (Å²) in [6.07, 6.45) is -1.44. The largest absolute Gasteiger partial charge is 0.573 e. The van der Waals surface area contributed by atoms with Crippen molar-refractivity contribution in [1.29, 1.82) is 0 Å². The van der Waals surface area contributed by atoms with Crippen LogP contribution in [-0.4, -0.2) is 23.2 Å². The zero-order valence-corrected chi connectivity index (χ0v) is 15.3. The van der Waals surface area contributed by atoms with Gasteiger partial charge < -0.3 is 15.4 Å². The van der Waals surface area contributed by atoms with Crippen LogP contribution < -0.4 is 15.4 Å². The van der Waals surface area contributed by atoms with Gasteiger partial charge in [-0.1, -0.05) is 12.1 Å². The molecular formula is C20H18F3N3O3. The Hall–Kier alpha value is -3.10. The van der Waals surface area contributed by atoms with E-state index in [4.69, 9.17) is 0 Å². The average molecular weight is 405 g/mol. The van der Waals surface area contributed by atoms with Gasteiger partial charge in [0, 0.05) is 11.8 Å². The van der Waals surface area contributed by atoms with E-state index in [-0.39, 0.29) is 41.0 Å². The van der Waals surface area contributed by atoms with Crippen molar-refractivity contribution in [3.8, 4) is 16.9 Å². The third-order valence-electron chi connectivity index (χ3n) is 4.65. The van der Waals surface area contributed by atoms with Crippen LogP contribution in [0.25, 0.3) is 11.1 Å². The maximum atomic E-state index is 12.3. The Labute approximate surface area is 164 Å². The number of anilines is 2. The standard InChI is InChI=1S/C20H18F3N3O3/c21-20(22,23)29-15-7-5-11(6-8-15)14-9-16(25-18(27)12-1-2-12)24-17(10-14)26-19(28)13-3-4-13/h5-10,12-13H,1-4H2,(H2,24,25,26,27,28). The number of rotatable bonds is 6. The maximum absolute atomic E-state index is 12.3. The first-order valence-corrected chi connectivity index (χ1v) is 9.27. The fraction of sp³-hybridized carbons (Fsp3) is 0.350. The second kappa shape index (κ2) is 7.38. The number of carbonyl (C=O) groups excluding carboxylic acids is 2. The molecule has 0 atom stereocenters. The summed E-state index contributed by atoms with van der Waals surface area (Å²) >= 11 is 0. The molecule has 9 heteroatoms. The van der Waals surface area contributed by atoms with Gasteiger partial charge in [0.2, 0.25) is 11.8 Å². The summed E-state index contributed by atoms with van der Waals surface area (Å²) in [4.78, 5) is 28.5. The van der Waals surface area contributed by atoms with Crippen molar-refractivity contribution in [2.24, 2.45) is 11.8 Å². The Morgan fingerprint density at radius 1 is 0.862 bits per heavy atom. The molecule has 0 spiro atoms. The highest BCUT2D eigenvalue weighted by Crippen LogP contribution is 2.33. The number of carbonyl (C=O) groups is 2. The number of aromatic nitrogens is 1. The van der Waals surface area contributed by atoms with Crippen LogP contribution in [0.2, 0.25) is 0 Å². The van der Waals surface area contributed by atoms with E-state index in [1.807, 2.05) is 0 Å². The topological polar surface area (TPSA) is 80.3 Å². The van der Waals surface area contributed by atoms with E-state index in [0.717, 1.165) is 25.7 Å². The molecule has 0 saturated heterocycles. The summed E-state index contributed by atoms with van der Waals surface area (Å²) in [5, 5.41) is 5.48. The molecular weight excluding hydrogens is 387 g/mol. The molecule has 2 N–H and O–H groups in total. The molecule has 1 aromatic heterocycles. The zero-order chi connectivity index (χ0) is 20.6. The minimum Gasteiger partial charge on any atom is -0.406 e. The minimum atomic E-state index is -4.77. The predicted molar refractivity (Wildman–Crippen MR) is 99.1 cm³/mol. The number of pyridine rings is 1. The van der Waals surface area contributed by atoms with Gasteiger partial charge in [0.25, 0.3) is 0 Å². The molecule has 2 aliphatic carbocycles. The molecule has 4 rings (SSSR count). The van der Waals surface area contributed by atoms with Crippen LogP contribution in [-0.2, 0) is 9.59 Å². The number of halogens is 3. The van der Waals surface area contributed by atoms with Crippen molar-refractivity contribution in [2.45, 2.75) is 32.0 Å². The molecule has 0 aliphatic heterocycles. The Bertz CT molecular complexity index is 892. The van der Waals surface area contributed by atoms with E-state index < -0.39 is 6.36 Å². The lowest BCUT2D eigenvalue weighted by Gasteiger charge is -2.12. The molecule has 2 amide bonds. The molecule has 2 aromatic rings. The smallest absolute Gasteiger partial charge is 0.406 e. The molecule has 1 heterocycles. The summed E-state index contributed by atoms with van der Waals surface area (Å²) < 4.78 is 40.9. The summed E-state index contributed by atoms with van der Waals surface area (Å²) in [6, 6.07) is 8.58. The SMILES string of the molecule is O=C(Nc1cc(-c2ccc(OC(F)(F)F)cc2)cc(NC(=O)C2CC2)n1)C1CC1. The monoisotopic (exact) mass is 405 g/mol. The van der Waals surface area contributed by atoms with Crippen LogP contribution in [0.3, 0.4) is 0 Å². The molecule has 2 saturated carbocycles. The fourth-order valence-electron chi connectivity index (χ4n) is 2.82. The van der Waals surface area contributed by atoms with Crippen LogP contribution in [0.1, 0.15) is 25.7 Å². The minimum absolute atomic E-state index is 0.0243. The van der Waals surface area contributed by atoms with Gasteiger partial charge in [-0.15, -0.1) is 13.2 Å². The first kappa shape index (κ1) is 19.2. The molecule has 29 heavy (non-hydrogen) atoms. The highest BCUT2D eigenvalue weighted by molar-refractivity contribution is 5.96. The number of nitrogens with one attached hydrogen (secondary N) is 2. The van der Waals surface area contributed by atoms with Crippen molar-refractivity contribution in [2.75, 3.05) is 10.6 Å². The third-order valence-corrected chi connectivity index (χ3v) is 4.65. The van der Waals surface area contributed by atoms with Crippen LogP contribution in [0.4, 0.5) is 24.8 Å². The first-order chi connectivity index (χ1) is 13.8. The number of alkyl halides is 3. The Balaban J connectivity index is 1.59. The molecule has 1 aromatic carbocycles. The molecule has 152 valence electrons. The molecule has 0 radical (unpaired) electrons. The molecule has 0 bridgehead atoms. The Kier molecular flexibility index (Phi) is 4.89. The highest BCUT2D eigenvalue weighted by atomic mass is 19.4. The van der Waals surface area contributed by atoms with E-state index in [2.05, 4.69) is 20.4 Å². The van der Waals surface area contributed by atoms with Gasteiger partial charge in [-0.05, 0) is 61.1 Å². The second-order valence-electron chi connectivity index (χ2n) is 7.23. The summed E-state index contributed by atoms with van der Waals surface area (Å²) in [7, 11) is 0. The van der Waals surface area contributed by atoms with E-state index in [9.17, 15) is 22.8 Å².